The third-order valence-corrected chi connectivity index (χ3v) is 3.65. The number of Topliss-reactive ketones (excluding diaryl/α,β-unsaturated/α-hetero) is 1. The molecule has 2 atom stereocenters. The fraction of sp³-hybridized carbons (Fsp3) is 0.385. The van der Waals surface area contributed by atoms with E-state index in [4.69, 9.17) is 5.11 Å². The van der Waals surface area contributed by atoms with Gasteiger partial charge < -0.3 is 10.0 Å². The van der Waals surface area contributed by atoms with Gasteiger partial charge in [-0.3, -0.25) is 9.59 Å². The Morgan fingerprint density at radius 1 is 1.29 bits per heavy atom. The molecule has 1 heterocycles. The van der Waals surface area contributed by atoms with E-state index < -0.39 is 0 Å². The van der Waals surface area contributed by atoms with Crippen molar-refractivity contribution in [2.45, 2.75) is 12.5 Å². The fourth-order valence-corrected chi connectivity index (χ4v) is 2.96. The molecule has 4 nitrogen and oxygen atoms in total. The number of rotatable bonds is 2. The van der Waals surface area contributed by atoms with Crippen LogP contribution in [0.5, 0.6) is 0 Å². The second-order valence-corrected chi connectivity index (χ2v) is 4.52. The van der Waals surface area contributed by atoms with Crippen molar-refractivity contribution in [3.8, 4) is 0 Å². The third kappa shape index (κ3) is 1.34. The molecule has 0 radical (unpaired) electrons. The Labute approximate surface area is 98.9 Å². The molecule has 1 amide bonds. The van der Waals surface area contributed by atoms with Gasteiger partial charge in [0.15, 0.2) is 5.78 Å². The zero-order valence-corrected chi connectivity index (χ0v) is 9.30. The topological polar surface area (TPSA) is 57.6 Å². The predicted molar refractivity (Wildman–Crippen MR) is 60.4 cm³/mol. The van der Waals surface area contributed by atoms with Gasteiger partial charge in [0, 0.05) is 18.5 Å². The SMILES string of the molecule is O=C1c2ccccc2[C@@H]2[C@H]1CC(=O)N2CCO. The molecular weight excluding hydrogens is 218 g/mol. The van der Waals surface area contributed by atoms with E-state index in [1.54, 1.807) is 4.90 Å². The number of amides is 1. The van der Waals surface area contributed by atoms with Gasteiger partial charge in [-0.1, -0.05) is 24.3 Å². The van der Waals surface area contributed by atoms with Gasteiger partial charge in [-0.2, -0.15) is 0 Å². The lowest BCUT2D eigenvalue weighted by Crippen LogP contribution is -2.30. The van der Waals surface area contributed by atoms with Gasteiger partial charge >= 0.3 is 0 Å². The number of hydrogen-bond acceptors (Lipinski definition) is 3. The first kappa shape index (κ1) is 10.5. The van der Waals surface area contributed by atoms with Gasteiger partial charge in [-0.25, -0.2) is 0 Å². The smallest absolute Gasteiger partial charge is 0.224 e. The number of fused-ring (bicyclic) bond motifs is 3. The number of likely N-dealkylation sites (tertiary alicyclic amines) is 1. The molecule has 0 unspecified atom stereocenters. The first-order valence-electron chi connectivity index (χ1n) is 5.77. The van der Waals surface area contributed by atoms with E-state index in [-0.39, 0.29) is 36.7 Å². The van der Waals surface area contributed by atoms with E-state index in [9.17, 15) is 9.59 Å². The summed E-state index contributed by atoms with van der Waals surface area (Å²) in [6.07, 6.45) is 0.276. The average molecular weight is 231 g/mol. The number of ketones is 1. The van der Waals surface area contributed by atoms with Crippen LogP contribution in [0.3, 0.4) is 0 Å². The predicted octanol–water partition coefficient (Wildman–Crippen LogP) is 0.765. The van der Waals surface area contributed by atoms with Crippen molar-refractivity contribution in [1.82, 2.24) is 4.90 Å². The molecule has 1 aromatic rings. The normalized spacial score (nSPS) is 26.3. The highest BCUT2D eigenvalue weighted by molar-refractivity contribution is 6.06. The molecule has 1 aliphatic carbocycles. The van der Waals surface area contributed by atoms with Crippen LogP contribution in [0.4, 0.5) is 0 Å². The van der Waals surface area contributed by atoms with E-state index in [0.29, 0.717) is 6.54 Å². The third-order valence-electron chi connectivity index (χ3n) is 3.65. The van der Waals surface area contributed by atoms with Crippen LogP contribution in [0, 0.1) is 5.92 Å². The maximum Gasteiger partial charge on any atom is 0.224 e. The first-order valence-corrected chi connectivity index (χ1v) is 5.77. The van der Waals surface area contributed by atoms with E-state index in [2.05, 4.69) is 0 Å². The summed E-state index contributed by atoms with van der Waals surface area (Å²) >= 11 is 0. The molecule has 3 rings (SSSR count). The summed E-state index contributed by atoms with van der Waals surface area (Å²) in [6.45, 7) is 0.243. The Balaban J connectivity index is 2.06. The minimum atomic E-state index is -0.244. The molecule has 0 saturated carbocycles. The lowest BCUT2D eigenvalue weighted by molar-refractivity contribution is -0.129. The number of carbonyl (C=O) groups excluding carboxylic acids is 2. The van der Waals surface area contributed by atoms with E-state index in [0.717, 1.165) is 11.1 Å². The Kier molecular flexibility index (Phi) is 2.26. The number of aliphatic hydroxyl groups is 1. The van der Waals surface area contributed by atoms with Gasteiger partial charge in [0.05, 0.1) is 18.6 Å². The second kappa shape index (κ2) is 3.67. The number of carbonyl (C=O) groups is 2. The Bertz CT molecular complexity index is 497. The Morgan fingerprint density at radius 3 is 2.82 bits per heavy atom. The number of hydrogen-bond donors (Lipinski definition) is 1. The van der Waals surface area contributed by atoms with Gasteiger partial charge in [-0.05, 0) is 5.56 Å². The highest BCUT2D eigenvalue weighted by atomic mass is 16.3. The lowest BCUT2D eigenvalue weighted by atomic mass is 10.0. The van der Waals surface area contributed by atoms with E-state index in [1.807, 2.05) is 24.3 Å². The van der Waals surface area contributed by atoms with Crippen LogP contribution in [0.15, 0.2) is 24.3 Å². The Morgan fingerprint density at radius 2 is 2.06 bits per heavy atom. The molecule has 0 aromatic heterocycles. The van der Waals surface area contributed by atoms with Crippen LogP contribution in [-0.2, 0) is 4.79 Å². The zero-order valence-electron chi connectivity index (χ0n) is 9.30. The number of aliphatic hydroxyl groups excluding tert-OH is 1. The minimum absolute atomic E-state index is 0.0306. The number of benzene rings is 1. The standard InChI is InChI=1S/C13H13NO3/c15-6-5-14-11(16)7-10-12(14)8-3-1-2-4-9(8)13(10)17/h1-4,10,12,15H,5-7H2/t10-,12-/m1/s1. The van der Waals surface area contributed by atoms with E-state index in [1.165, 1.54) is 0 Å². The largest absolute Gasteiger partial charge is 0.395 e. The molecule has 17 heavy (non-hydrogen) atoms. The monoisotopic (exact) mass is 231 g/mol. The maximum atomic E-state index is 12.1. The summed E-state index contributed by atoms with van der Waals surface area (Å²) in [5, 5.41) is 9.00. The molecule has 1 fully saturated rings. The molecule has 1 aliphatic heterocycles. The van der Waals surface area contributed by atoms with Crippen molar-refractivity contribution < 1.29 is 14.7 Å². The first-order chi connectivity index (χ1) is 8.24. The highest BCUT2D eigenvalue weighted by Gasteiger charge is 2.49. The molecule has 2 aliphatic rings. The van der Waals surface area contributed by atoms with Crippen molar-refractivity contribution in [1.29, 1.82) is 0 Å². The molecule has 88 valence electrons. The summed E-state index contributed by atoms with van der Waals surface area (Å²) in [5.74, 6) is -0.206. The molecule has 0 spiro atoms. The summed E-state index contributed by atoms with van der Waals surface area (Å²) in [4.78, 5) is 25.6. The summed E-state index contributed by atoms with van der Waals surface area (Å²) in [6, 6.07) is 7.29. The number of β-amino-alcohol motifs (C(OH)–C–C–N with tert-alkyl or cyclic N) is 1. The van der Waals surface area contributed by atoms with Crippen LogP contribution in [-0.4, -0.2) is 34.8 Å². The summed E-state index contributed by atoms with van der Waals surface area (Å²) in [5.41, 5.74) is 1.67. The zero-order chi connectivity index (χ0) is 12.0. The van der Waals surface area contributed by atoms with Crippen molar-refractivity contribution in [3.63, 3.8) is 0 Å². The van der Waals surface area contributed by atoms with Crippen molar-refractivity contribution in [3.05, 3.63) is 35.4 Å². The molecule has 4 heteroatoms. The van der Waals surface area contributed by atoms with Crippen molar-refractivity contribution in [2.24, 2.45) is 5.92 Å². The van der Waals surface area contributed by atoms with E-state index >= 15 is 0 Å². The lowest BCUT2D eigenvalue weighted by Gasteiger charge is -2.23. The summed E-state index contributed by atoms with van der Waals surface area (Å²) in [7, 11) is 0. The van der Waals surface area contributed by atoms with Crippen molar-refractivity contribution in [2.75, 3.05) is 13.2 Å². The molecule has 1 saturated heterocycles. The molecular formula is C13H13NO3. The number of nitrogens with zero attached hydrogens (tertiary/aromatic N) is 1. The minimum Gasteiger partial charge on any atom is -0.395 e. The van der Waals surface area contributed by atoms with Crippen LogP contribution >= 0.6 is 0 Å². The van der Waals surface area contributed by atoms with Gasteiger partial charge in [-0.15, -0.1) is 0 Å². The molecule has 1 N–H and O–H groups in total. The molecule has 0 bridgehead atoms. The van der Waals surface area contributed by atoms with Crippen LogP contribution in [0.1, 0.15) is 28.4 Å². The van der Waals surface area contributed by atoms with Crippen molar-refractivity contribution >= 4 is 11.7 Å². The highest BCUT2D eigenvalue weighted by Crippen LogP contribution is 2.46. The Hall–Kier alpha value is -1.68. The second-order valence-electron chi connectivity index (χ2n) is 4.52. The van der Waals surface area contributed by atoms with Gasteiger partial charge in [0.25, 0.3) is 0 Å². The molecule has 1 aromatic carbocycles. The van der Waals surface area contributed by atoms with Gasteiger partial charge in [0.2, 0.25) is 5.91 Å². The average Bonchev–Trinajstić information content (AvgIpc) is 2.79. The van der Waals surface area contributed by atoms with Crippen LogP contribution in [0.25, 0.3) is 0 Å². The van der Waals surface area contributed by atoms with Gasteiger partial charge in [0.1, 0.15) is 0 Å². The quantitative estimate of drug-likeness (QED) is 0.817. The fourth-order valence-electron chi connectivity index (χ4n) is 2.96. The maximum absolute atomic E-state index is 12.1. The van der Waals surface area contributed by atoms with Crippen LogP contribution < -0.4 is 0 Å². The van der Waals surface area contributed by atoms with Crippen LogP contribution in [0.2, 0.25) is 0 Å². The summed E-state index contributed by atoms with van der Waals surface area (Å²) < 4.78 is 0.